The molecular formula is C14H27N5. The number of hydrogen-bond acceptors (Lipinski definition) is 4. The van der Waals surface area contributed by atoms with Gasteiger partial charge in [-0.1, -0.05) is 6.92 Å². The van der Waals surface area contributed by atoms with Gasteiger partial charge in [-0.3, -0.25) is 9.58 Å². The van der Waals surface area contributed by atoms with E-state index in [-0.39, 0.29) is 0 Å². The zero-order valence-corrected chi connectivity index (χ0v) is 12.7. The highest BCUT2D eigenvalue weighted by atomic mass is 15.4. The van der Waals surface area contributed by atoms with Gasteiger partial charge in [0.25, 0.3) is 0 Å². The summed E-state index contributed by atoms with van der Waals surface area (Å²) < 4.78 is 2.02. The van der Waals surface area contributed by atoms with Crippen molar-refractivity contribution in [3.63, 3.8) is 0 Å². The predicted molar refractivity (Wildman–Crippen MR) is 79.6 cm³/mol. The molecule has 0 aromatic carbocycles. The summed E-state index contributed by atoms with van der Waals surface area (Å²) in [6.45, 7) is 11.7. The number of hydrogen-bond donors (Lipinski definition) is 1. The highest BCUT2D eigenvalue weighted by Crippen LogP contribution is 2.25. The lowest BCUT2D eigenvalue weighted by Gasteiger charge is -2.40. The van der Waals surface area contributed by atoms with Crippen molar-refractivity contribution in [1.29, 1.82) is 0 Å². The van der Waals surface area contributed by atoms with Gasteiger partial charge in [0, 0.05) is 38.3 Å². The lowest BCUT2D eigenvalue weighted by Crippen LogP contribution is -2.52. The highest BCUT2D eigenvalue weighted by Gasteiger charge is 2.26. The van der Waals surface area contributed by atoms with Crippen molar-refractivity contribution in [3.8, 4) is 0 Å². The predicted octanol–water partition coefficient (Wildman–Crippen LogP) is 0.760. The van der Waals surface area contributed by atoms with Gasteiger partial charge in [-0.25, -0.2) is 0 Å². The normalized spacial score (nSPS) is 21.1. The number of likely N-dealkylation sites (N-methyl/N-ethyl adjacent to an activating group) is 1. The van der Waals surface area contributed by atoms with E-state index in [0.29, 0.717) is 12.6 Å². The van der Waals surface area contributed by atoms with Crippen LogP contribution in [0.25, 0.3) is 0 Å². The van der Waals surface area contributed by atoms with Crippen molar-refractivity contribution in [3.05, 3.63) is 11.3 Å². The molecule has 5 nitrogen and oxygen atoms in total. The molecule has 2 N–H and O–H groups in total. The van der Waals surface area contributed by atoms with E-state index in [1.54, 1.807) is 0 Å². The van der Waals surface area contributed by atoms with E-state index >= 15 is 0 Å². The Hall–Kier alpha value is -1.07. The number of aryl methyl sites for hydroxylation is 2. The molecule has 0 amide bonds. The monoisotopic (exact) mass is 265 g/mol. The molecule has 1 atom stereocenters. The van der Waals surface area contributed by atoms with E-state index in [1.807, 2.05) is 11.7 Å². The molecule has 1 fully saturated rings. The molecule has 0 aliphatic carbocycles. The third-order valence-electron chi connectivity index (χ3n) is 4.18. The average molecular weight is 265 g/mol. The maximum atomic E-state index is 5.74. The first-order valence-electron chi connectivity index (χ1n) is 7.30. The molecule has 0 bridgehead atoms. The summed E-state index contributed by atoms with van der Waals surface area (Å²) >= 11 is 0. The Balaban J connectivity index is 2.22. The first-order valence-corrected chi connectivity index (χ1v) is 7.30. The molecular weight excluding hydrogens is 238 g/mol. The third kappa shape index (κ3) is 2.77. The first kappa shape index (κ1) is 14.3. The van der Waals surface area contributed by atoms with E-state index in [4.69, 9.17) is 5.73 Å². The van der Waals surface area contributed by atoms with Gasteiger partial charge in [0.05, 0.1) is 5.69 Å². The minimum Gasteiger partial charge on any atom is -0.354 e. The molecule has 1 saturated heterocycles. The van der Waals surface area contributed by atoms with Gasteiger partial charge in [0.15, 0.2) is 0 Å². The Morgan fingerprint density at radius 2 is 2.11 bits per heavy atom. The Bertz CT molecular complexity index is 426. The quantitative estimate of drug-likeness (QED) is 0.873. The Morgan fingerprint density at radius 3 is 2.68 bits per heavy atom. The minimum absolute atomic E-state index is 0.597. The molecule has 108 valence electrons. The van der Waals surface area contributed by atoms with E-state index in [9.17, 15) is 0 Å². The van der Waals surface area contributed by atoms with Crippen LogP contribution in [0.15, 0.2) is 0 Å². The lowest BCUT2D eigenvalue weighted by molar-refractivity contribution is 0.198. The van der Waals surface area contributed by atoms with Crippen LogP contribution in [0.3, 0.4) is 0 Å². The molecule has 2 heterocycles. The van der Waals surface area contributed by atoms with Gasteiger partial charge >= 0.3 is 0 Å². The highest BCUT2D eigenvalue weighted by molar-refractivity contribution is 5.51. The minimum atomic E-state index is 0.597. The van der Waals surface area contributed by atoms with Crippen molar-refractivity contribution in [1.82, 2.24) is 14.7 Å². The number of aromatic nitrogens is 2. The van der Waals surface area contributed by atoms with Gasteiger partial charge in [0.2, 0.25) is 0 Å². The fourth-order valence-electron chi connectivity index (χ4n) is 3.18. The molecule has 1 unspecified atom stereocenters. The zero-order valence-electron chi connectivity index (χ0n) is 12.7. The maximum Gasteiger partial charge on any atom is 0.130 e. The van der Waals surface area contributed by atoms with E-state index in [0.717, 1.165) is 38.3 Å². The number of anilines is 1. The molecule has 0 saturated carbocycles. The third-order valence-corrected chi connectivity index (χ3v) is 4.18. The van der Waals surface area contributed by atoms with E-state index in [2.05, 4.69) is 35.7 Å². The second-order valence-corrected chi connectivity index (χ2v) is 5.47. The largest absolute Gasteiger partial charge is 0.354 e. The zero-order chi connectivity index (χ0) is 14.0. The maximum absolute atomic E-state index is 5.74. The molecule has 19 heavy (non-hydrogen) atoms. The first-order chi connectivity index (χ1) is 9.08. The van der Waals surface area contributed by atoms with Crippen LogP contribution in [0.5, 0.6) is 0 Å². The fourth-order valence-corrected chi connectivity index (χ4v) is 3.18. The van der Waals surface area contributed by atoms with Crippen LogP contribution >= 0.6 is 0 Å². The van der Waals surface area contributed by atoms with Crippen molar-refractivity contribution in [2.45, 2.75) is 33.2 Å². The summed E-state index contributed by atoms with van der Waals surface area (Å²) in [5.74, 6) is 1.27. The van der Waals surface area contributed by atoms with E-state index < -0.39 is 0 Å². The summed E-state index contributed by atoms with van der Waals surface area (Å²) in [6, 6.07) is 0.597. The van der Waals surface area contributed by atoms with E-state index in [1.165, 1.54) is 11.4 Å². The van der Waals surface area contributed by atoms with Crippen LogP contribution in [-0.2, 0) is 13.5 Å². The molecule has 1 aromatic rings. The molecule has 2 rings (SSSR count). The van der Waals surface area contributed by atoms with Crippen LogP contribution in [0.1, 0.15) is 25.1 Å². The summed E-state index contributed by atoms with van der Waals surface area (Å²) in [5, 5.41) is 4.57. The second-order valence-electron chi connectivity index (χ2n) is 5.47. The number of nitrogens with zero attached hydrogens (tertiary/aromatic N) is 4. The van der Waals surface area contributed by atoms with Crippen LogP contribution < -0.4 is 10.6 Å². The number of rotatable bonds is 4. The number of nitrogens with two attached hydrogens (primary N) is 1. The van der Waals surface area contributed by atoms with Crippen LogP contribution in [0, 0.1) is 6.92 Å². The van der Waals surface area contributed by atoms with Crippen molar-refractivity contribution < 1.29 is 0 Å². The van der Waals surface area contributed by atoms with Crippen LogP contribution in [-0.4, -0.2) is 53.4 Å². The molecule has 5 heteroatoms. The van der Waals surface area contributed by atoms with Crippen molar-refractivity contribution in [2.75, 3.05) is 37.6 Å². The van der Waals surface area contributed by atoms with Gasteiger partial charge < -0.3 is 10.6 Å². The van der Waals surface area contributed by atoms with Gasteiger partial charge in [-0.2, -0.15) is 5.10 Å². The van der Waals surface area contributed by atoms with Crippen LogP contribution in [0.4, 0.5) is 5.82 Å². The van der Waals surface area contributed by atoms with Crippen molar-refractivity contribution >= 4 is 5.82 Å². The Labute approximate surface area is 116 Å². The SMILES string of the molecule is CCN1CCN(c2c(CCN)c(C)nn2C)CC1C. The summed E-state index contributed by atoms with van der Waals surface area (Å²) in [6.07, 6.45) is 0.914. The Kier molecular flexibility index (Phi) is 4.47. The molecule has 0 radical (unpaired) electrons. The summed E-state index contributed by atoms with van der Waals surface area (Å²) in [7, 11) is 2.04. The summed E-state index contributed by atoms with van der Waals surface area (Å²) in [4.78, 5) is 5.00. The molecule has 1 aromatic heterocycles. The second kappa shape index (κ2) is 5.92. The number of piperazine rings is 1. The standard InChI is InChI=1S/C14H27N5/c1-5-18-8-9-19(10-11(18)2)14-13(6-7-15)12(3)16-17(14)4/h11H,5-10,15H2,1-4H3. The smallest absolute Gasteiger partial charge is 0.130 e. The topological polar surface area (TPSA) is 50.3 Å². The van der Waals surface area contributed by atoms with Crippen LogP contribution in [0.2, 0.25) is 0 Å². The molecule has 0 spiro atoms. The van der Waals surface area contributed by atoms with Gasteiger partial charge in [-0.05, 0) is 33.4 Å². The fraction of sp³-hybridized carbons (Fsp3) is 0.786. The van der Waals surface area contributed by atoms with Gasteiger partial charge in [0.1, 0.15) is 5.82 Å². The summed E-state index contributed by atoms with van der Waals surface area (Å²) in [5.41, 5.74) is 8.18. The Morgan fingerprint density at radius 1 is 1.37 bits per heavy atom. The molecule has 1 aliphatic rings. The molecule has 1 aliphatic heterocycles. The lowest BCUT2D eigenvalue weighted by atomic mass is 10.1. The van der Waals surface area contributed by atoms with Crippen molar-refractivity contribution in [2.24, 2.45) is 12.8 Å². The average Bonchev–Trinajstić information content (AvgIpc) is 2.65. The van der Waals surface area contributed by atoms with Gasteiger partial charge in [-0.15, -0.1) is 0 Å².